The molecule has 0 fully saturated rings. The van der Waals surface area contributed by atoms with Gasteiger partial charge in [0.25, 0.3) is 0 Å². The van der Waals surface area contributed by atoms with Gasteiger partial charge in [0.15, 0.2) is 5.11 Å². The molecule has 9 heteroatoms. The van der Waals surface area contributed by atoms with E-state index in [2.05, 4.69) is 15.8 Å². The summed E-state index contributed by atoms with van der Waals surface area (Å²) in [5.74, 6) is 0. The van der Waals surface area contributed by atoms with E-state index in [0.29, 0.717) is 23.1 Å². The summed E-state index contributed by atoms with van der Waals surface area (Å²) in [6, 6.07) is 11.3. The van der Waals surface area contributed by atoms with Gasteiger partial charge in [0.05, 0.1) is 11.1 Å². The number of benzene rings is 2. The number of fused-ring (bicyclic) bond motifs is 1. The van der Waals surface area contributed by atoms with Crippen LogP contribution in [0.5, 0.6) is 0 Å². The zero-order valence-electron chi connectivity index (χ0n) is 20.4. The van der Waals surface area contributed by atoms with Crippen LogP contribution in [0.15, 0.2) is 52.6 Å². The molecule has 0 aliphatic heterocycles. The standard InChI is InChI=1S/C25H33N5O2S2/c1-6-13-30(14-7-2)34(31,32)21-11-12-23-22(15-21)20(17-29(23)5)16-26-28-25(33)27-24-18(3)9-8-10-19(24)4/h8-12,15-17H,6-7,13-14H2,1-5H3,(H2,27,28,33). The number of sulfonamides is 1. The molecule has 1 aromatic heterocycles. The lowest BCUT2D eigenvalue weighted by atomic mass is 10.1. The zero-order chi connectivity index (χ0) is 24.9. The average molecular weight is 500 g/mol. The van der Waals surface area contributed by atoms with Crippen LogP contribution in [-0.2, 0) is 17.1 Å². The molecule has 0 radical (unpaired) electrons. The highest BCUT2D eigenvalue weighted by molar-refractivity contribution is 7.89. The number of thiocarbonyl (C=S) groups is 1. The minimum atomic E-state index is -3.57. The maximum absolute atomic E-state index is 13.3. The van der Waals surface area contributed by atoms with Crippen molar-refractivity contribution >= 4 is 50.2 Å². The Kier molecular flexibility index (Phi) is 8.46. The van der Waals surface area contributed by atoms with E-state index in [4.69, 9.17) is 12.2 Å². The van der Waals surface area contributed by atoms with Crippen molar-refractivity contribution in [2.45, 2.75) is 45.4 Å². The first-order valence-corrected chi connectivity index (χ1v) is 13.3. The molecule has 3 aromatic rings. The lowest BCUT2D eigenvalue weighted by Gasteiger charge is -2.21. The van der Waals surface area contributed by atoms with Crippen LogP contribution in [0, 0.1) is 13.8 Å². The first kappa shape index (κ1) is 25.9. The van der Waals surface area contributed by atoms with E-state index in [1.165, 1.54) is 0 Å². The molecule has 2 aromatic carbocycles. The Morgan fingerprint density at radius 1 is 1.12 bits per heavy atom. The van der Waals surface area contributed by atoms with Crippen LogP contribution >= 0.6 is 12.2 Å². The summed E-state index contributed by atoms with van der Waals surface area (Å²) in [5, 5.41) is 8.68. The molecule has 0 saturated heterocycles. The van der Waals surface area contributed by atoms with Crippen LogP contribution in [0.1, 0.15) is 43.4 Å². The van der Waals surface area contributed by atoms with Crippen molar-refractivity contribution in [1.82, 2.24) is 14.3 Å². The Labute approximate surface area is 207 Å². The van der Waals surface area contributed by atoms with Crippen LogP contribution in [-0.4, -0.2) is 41.7 Å². The van der Waals surface area contributed by atoms with E-state index in [1.54, 1.807) is 22.7 Å². The molecule has 0 saturated carbocycles. The first-order valence-electron chi connectivity index (χ1n) is 11.4. The molecule has 2 N–H and O–H groups in total. The smallest absolute Gasteiger partial charge is 0.243 e. The van der Waals surface area contributed by atoms with Crippen molar-refractivity contribution in [3.05, 3.63) is 59.3 Å². The Balaban J connectivity index is 1.84. The van der Waals surface area contributed by atoms with Crippen LogP contribution in [0.2, 0.25) is 0 Å². The SMILES string of the molecule is CCCN(CCC)S(=O)(=O)c1ccc2c(c1)c(C=NNC(=S)Nc1c(C)cccc1C)cn2C. The van der Waals surface area contributed by atoms with Crippen LogP contribution in [0.4, 0.5) is 5.69 Å². The molecule has 182 valence electrons. The highest BCUT2D eigenvalue weighted by Crippen LogP contribution is 2.25. The van der Waals surface area contributed by atoms with Gasteiger partial charge in [0.1, 0.15) is 0 Å². The van der Waals surface area contributed by atoms with Crippen molar-refractivity contribution in [2.24, 2.45) is 12.1 Å². The topological polar surface area (TPSA) is 78.7 Å². The molecular weight excluding hydrogens is 466 g/mol. The predicted molar refractivity (Wildman–Crippen MR) is 145 cm³/mol. The van der Waals surface area contributed by atoms with Crippen LogP contribution in [0.3, 0.4) is 0 Å². The lowest BCUT2D eigenvalue weighted by Crippen LogP contribution is -2.32. The van der Waals surface area contributed by atoms with Gasteiger partial charge in [-0.25, -0.2) is 8.42 Å². The van der Waals surface area contributed by atoms with Crippen molar-refractivity contribution in [3.63, 3.8) is 0 Å². The summed E-state index contributed by atoms with van der Waals surface area (Å²) >= 11 is 5.39. The number of anilines is 1. The quantitative estimate of drug-likeness (QED) is 0.248. The van der Waals surface area contributed by atoms with E-state index >= 15 is 0 Å². The van der Waals surface area contributed by atoms with E-state index < -0.39 is 10.0 Å². The summed E-state index contributed by atoms with van der Waals surface area (Å²) in [4.78, 5) is 0.294. The first-order chi connectivity index (χ1) is 16.2. The number of nitrogens with one attached hydrogen (secondary N) is 2. The van der Waals surface area contributed by atoms with Gasteiger partial charge in [-0.2, -0.15) is 9.41 Å². The number of para-hydroxylation sites is 1. The Morgan fingerprint density at radius 2 is 1.76 bits per heavy atom. The number of hydrogen-bond donors (Lipinski definition) is 2. The molecule has 0 spiro atoms. The Hall–Kier alpha value is -2.75. The van der Waals surface area contributed by atoms with Crippen molar-refractivity contribution in [3.8, 4) is 0 Å². The molecule has 0 aliphatic rings. The fourth-order valence-electron chi connectivity index (χ4n) is 3.98. The summed E-state index contributed by atoms with van der Waals surface area (Å²) < 4.78 is 30.0. The minimum Gasteiger partial charge on any atom is -0.350 e. The van der Waals surface area contributed by atoms with E-state index in [1.807, 2.05) is 69.8 Å². The molecule has 0 aliphatic carbocycles. The highest BCUT2D eigenvalue weighted by Gasteiger charge is 2.24. The summed E-state index contributed by atoms with van der Waals surface area (Å²) in [6.45, 7) is 9.02. The number of aromatic nitrogens is 1. The Morgan fingerprint density at radius 3 is 2.38 bits per heavy atom. The second-order valence-corrected chi connectivity index (χ2v) is 10.7. The largest absolute Gasteiger partial charge is 0.350 e. The van der Waals surface area contributed by atoms with Gasteiger partial charge < -0.3 is 9.88 Å². The average Bonchev–Trinajstić information content (AvgIpc) is 3.11. The van der Waals surface area contributed by atoms with E-state index in [0.717, 1.165) is 46.1 Å². The molecule has 0 bridgehead atoms. The number of rotatable bonds is 9. The molecule has 1 heterocycles. The second-order valence-electron chi connectivity index (χ2n) is 8.37. The van der Waals surface area contributed by atoms with Gasteiger partial charge in [0.2, 0.25) is 10.0 Å². The summed E-state index contributed by atoms with van der Waals surface area (Å²) in [6.07, 6.45) is 5.12. The number of hydrazone groups is 1. The fourth-order valence-corrected chi connectivity index (χ4v) is 5.78. The van der Waals surface area contributed by atoms with E-state index in [-0.39, 0.29) is 0 Å². The van der Waals surface area contributed by atoms with Crippen molar-refractivity contribution in [2.75, 3.05) is 18.4 Å². The highest BCUT2D eigenvalue weighted by atomic mass is 32.2. The minimum absolute atomic E-state index is 0.294. The molecule has 0 amide bonds. The predicted octanol–water partition coefficient (Wildman–Crippen LogP) is 4.93. The number of hydrogen-bond acceptors (Lipinski definition) is 4. The summed E-state index contributed by atoms with van der Waals surface area (Å²) in [7, 11) is -1.64. The van der Waals surface area contributed by atoms with Gasteiger partial charge in [0, 0.05) is 48.5 Å². The van der Waals surface area contributed by atoms with Gasteiger partial charge in [-0.3, -0.25) is 5.43 Å². The van der Waals surface area contributed by atoms with E-state index in [9.17, 15) is 8.42 Å². The van der Waals surface area contributed by atoms with Crippen molar-refractivity contribution < 1.29 is 8.42 Å². The lowest BCUT2D eigenvalue weighted by molar-refractivity contribution is 0.410. The molecule has 0 atom stereocenters. The molecule has 7 nitrogen and oxygen atoms in total. The maximum Gasteiger partial charge on any atom is 0.243 e. The monoisotopic (exact) mass is 499 g/mol. The van der Waals surface area contributed by atoms with Gasteiger partial charge >= 0.3 is 0 Å². The second kappa shape index (κ2) is 11.1. The third kappa shape index (κ3) is 5.65. The van der Waals surface area contributed by atoms with Crippen LogP contribution in [0.25, 0.3) is 10.9 Å². The maximum atomic E-state index is 13.3. The Bertz CT molecular complexity index is 1290. The fraction of sp³-hybridized carbons (Fsp3) is 0.360. The van der Waals surface area contributed by atoms with Gasteiger partial charge in [-0.1, -0.05) is 32.0 Å². The zero-order valence-corrected chi connectivity index (χ0v) is 22.1. The van der Waals surface area contributed by atoms with Crippen molar-refractivity contribution in [1.29, 1.82) is 0 Å². The van der Waals surface area contributed by atoms with Gasteiger partial charge in [-0.15, -0.1) is 0 Å². The van der Waals surface area contributed by atoms with Gasteiger partial charge in [-0.05, 0) is 68.2 Å². The molecule has 3 rings (SSSR count). The van der Waals surface area contributed by atoms with Crippen LogP contribution < -0.4 is 10.7 Å². The number of aryl methyl sites for hydroxylation is 3. The summed E-state index contributed by atoms with van der Waals surface area (Å²) in [5.41, 5.74) is 7.73. The third-order valence-electron chi connectivity index (χ3n) is 5.66. The molecular formula is C25H33N5O2S2. The normalized spacial score (nSPS) is 12.1. The number of nitrogens with zero attached hydrogens (tertiary/aromatic N) is 3. The third-order valence-corrected chi connectivity index (χ3v) is 7.75. The molecule has 0 unspecified atom stereocenters. The molecule has 34 heavy (non-hydrogen) atoms.